The SMILES string of the molecule is O=C/C=C(/Cl)[C]1[CH][CH][CH][CH]1. The lowest BCUT2D eigenvalue weighted by Crippen LogP contribution is -1.90. The monoisotopic (exact) mass is 153 g/mol. The van der Waals surface area contributed by atoms with Crippen molar-refractivity contribution < 1.29 is 4.79 Å². The minimum atomic E-state index is 0.486. The van der Waals surface area contributed by atoms with E-state index in [0.717, 1.165) is 5.92 Å². The number of allylic oxidation sites excluding steroid dienone is 2. The van der Waals surface area contributed by atoms with Gasteiger partial charge in [0, 0.05) is 11.0 Å². The summed E-state index contributed by atoms with van der Waals surface area (Å²) in [6.07, 6.45) is 9.45. The van der Waals surface area contributed by atoms with E-state index in [2.05, 4.69) is 0 Å². The van der Waals surface area contributed by atoms with Crippen LogP contribution in [0.1, 0.15) is 0 Å². The highest BCUT2D eigenvalue weighted by atomic mass is 35.5. The minimum absolute atomic E-state index is 0.486. The molecule has 51 valence electrons. The van der Waals surface area contributed by atoms with E-state index < -0.39 is 0 Å². The lowest BCUT2D eigenvalue weighted by molar-refractivity contribution is -0.104. The molecule has 1 aliphatic carbocycles. The van der Waals surface area contributed by atoms with Gasteiger partial charge in [-0.15, -0.1) is 0 Å². The second-order valence-electron chi connectivity index (χ2n) is 1.82. The lowest BCUT2D eigenvalue weighted by Gasteiger charge is -2.02. The highest BCUT2D eigenvalue weighted by Gasteiger charge is 2.19. The topological polar surface area (TPSA) is 17.1 Å². The number of aldehydes is 1. The summed E-state index contributed by atoms with van der Waals surface area (Å²) < 4.78 is 0. The Labute approximate surface area is 66.1 Å². The van der Waals surface area contributed by atoms with Gasteiger partial charge in [-0.1, -0.05) is 11.6 Å². The highest BCUT2D eigenvalue weighted by Crippen LogP contribution is 2.31. The normalized spacial score (nSPS) is 21.5. The highest BCUT2D eigenvalue weighted by molar-refractivity contribution is 6.32. The third kappa shape index (κ3) is 1.84. The molecule has 0 aliphatic heterocycles. The zero-order chi connectivity index (χ0) is 7.40. The molecule has 1 fully saturated rings. The van der Waals surface area contributed by atoms with Crippen LogP contribution in [0.25, 0.3) is 0 Å². The largest absolute Gasteiger partial charge is 0.299 e. The average molecular weight is 154 g/mol. The Hall–Kier alpha value is -0.300. The van der Waals surface area contributed by atoms with Crippen LogP contribution in [0.15, 0.2) is 11.1 Å². The zero-order valence-electron chi connectivity index (χ0n) is 5.25. The van der Waals surface area contributed by atoms with Crippen LogP contribution >= 0.6 is 11.6 Å². The molecular formula is C8H6ClO. The van der Waals surface area contributed by atoms with Crippen molar-refractivity contribution in [3.05, 3.63) is 42.7 Å². The van der Waals surface area contributed by atoms with E-state index in [-0.39, 0.29) is 0 Å². The smallest absolute Gasteiger partial charge is 0.144 e. The van der Waals surface area contributed by atoms with Gasteiger partial charge in [0.15, 0.2) is 0 Å². The first kappa shape index (κ1) is 7.80. The standard InChI is InChI=1S/C8H6ClO/c9-8(5-6-10)7-3-1-2-4-7/h1-6H/b8-5+. The van der Waals surface area contributed by atoms with Crippen LogP contribution in [0.4, 0.5) is 0 Å². The van der Waals surface area contributed by atoms with Crippen molar-refractivity contribution >= 4 is 17.9 Å². The molecule has 0 aromatic rings. The maximum Gasteiger partial charge on any atom is 0.144 e. The molecule has 1 saturated carbocycles. The van der Waals surface area contributed by atoms with Crippen LogP contribution in [-0.4, -0.2) is 6.29 Å². The van der Waals surface area contributed by atoms with Crippen molar-refractivity contribution in [3.63, 3.8) is 0 Å². The van der Waals surface area contributed by atoms with Crippen LogP contribution in [0, 0.1) is 31.6 Å². The van der Waals surface area contributed by atoms with E-state index in [1.54, 1.807) is 0 Å². The zero-order valence-corrected chi connectivity index (χ0v) is 6.01. The van der Waals surface area contributed by atoms with Gasteiger partial charge in [0.05, 0.1) is 0 Å². The second kappa shape index (κ2) is 3.77. The molecule has 0 bridgehead atoms. The molecule has 1 nitrogen and oxygen atoms in total. The Morgan fingerprint density at radius 2 is 2.00 bits per heavy atom. The number of carbonyl (C=O) groups excluding carboxylic acids is 1. The van der Waals surface area contributed by atoms with E-state index >= 15 is 0 Å². The van der Waals surface area contributed by atoms with Gasteiger partial charge in [-0.2, -0.15) is 0 Å². The number of rotatable bonds is 2. The summed E-state index contributed by atoms with van der Waals surface area (Å²) in [5, 5.41) is 0.486. The first-order valence-electron chi connectivity index (χ1n) is 2.87. The summed E-state index contributed by atoms with van der Waals surface area (Å²) in [6, 6.07) is 0. The Bertz CT molecular complexity index is 145. The summed E-state index contributed by atoms with van der Waals surface area (Å²) in [5.74, 6) is 0.883. The summed E-state index contributed by atoms with van der Waals surface area (Å²) in [4.78, 5) is 9.95. The molecular weight excluding hydrogens is 148 g/mol. The molecule has 1 aliphatic rings. The van der Waals surface area contributed by atoms with Gasteiger partial charge in [-0.3, -0.25) is 4.79 Å². The Morgan fingerprint density at radius 3 is 2.50 bits per heavy atom. The second-order valence-corrected chi connectivity index (χ2v) is 2.23. The molecule has 0 spiro atoms. The van der Waals surface area contributed by atoms with Gasteiger partial charge in [-0.25, -0.2) is 0 Å². The molecule has 0 unspecified atom stereocenters. The first-order chi connectivity index (χ1) is 4.84. The minimum Gasteiger partial charge on any atom is -0.299 e. The number of carbonyl (C=O) groups is 1. The van der Waals surface area contributed by atoms with E-state index in [0.29, 0.717) is 11.3 Å². The summed E-state index contributed by atoms with van der Waals surface area (Å²) in [6.45, 7) is 0. The molecule has 0 aromatic carbocycles. The molecule has 0 atom stereocenters. The van der Waals surface area contributed by atoms with Crippen LogP contribution in [0.3, 0.4) is 0 Å². The summed E-state index contributed by atoms with van der Waals surface area (Å²) in [5.41, 5.74) is 0. The van der Waals surface area contributed by atoms with Gasteiger partial charge < -0.3 is 0 Å². The predicted octanol–water partition coefficient (Wildman–Crippen LogP) is 1.71. The molecule has 0 aromatic heterocycles. The molecule has 0 heterocycles. The van der Waals surface area contributed by atoms with E-state index in [4.69, 9.17) is 11.6 Å². The first-order valence-corrected chi connectivity index (χ1v) is 3.25. The molecule has 0 amide bonds. The van der Waals surface area contributed by atoms with Crippen LogP contribution in [0.2, 0.25) is 0 Å². The van der Waals surface area contributed by atoms with E-state index in [1.807, 2.05) is 25.7 Å². The average Bonchev–Trinajstić information content (AvgIpc) is 2.38. The molecule has 10 heavy (non-hydrogen) atoms. The Morgan fingerprint density at radius 1 is 1.40 bits per heavy atom. The van der Waals surface area contributed by atoms with Crippen LogP contribution in [0.5, 0.6) is 0 Å². The van der Waals surface area contributed by atoms with Gasteiger partial charge in [0.2, 0.25) is 0 Å². The Balaban J connectivity index is 2.46. The predicted molar refractivity (Wildman–Crippen MR) is 40.4 cm³/mol. The Kier molecular flexibility index (Phi) is 2.94. The van der Waals surface area contributed by atoms with Crippen molar-refractivity contribution in [2.24, 2.45) is 0 Å². The third-order valence-corrected chi connectivity index (χ3v) is 1.50. The summed E-state index contributed by atoms with van der Waals surface area (Å²) in [7, 11) is 0. The number of halogens is 1. The van der Waals surface area contributed by atoms with Crippen LogP contribution < -0.4 is 0 Å². The lowest BCUT2D eigenvalue weighted by atomic mass is 10.1. The van der Waals surface area contributed by atoms with Gasteiger partial charge in [0.1, 0.15) is 6.29 Å². The van der Waals surface area contributed by atoms with Crippen molar-refractivity contribution in [2.75, 3.05) is 0 Å². The summed E-state index contributed by atoms with van der Waals surface area (Å²) >= 11 is 5.68. The molecule has 0 saturated heterocycles. The number of hydrogen-bond donors (Lipinski definition) is 0. The van der Waals surface area contributed by atoms with Crippen molar-refractivity contribution in [3.8, 4) is 0 Å². The van der Waals surface area contributed by atoms with Crippen LogP contribution in [-0.2, 0) is 4.79 Å². The van der Waals surface area contributed by atoms with Gasteiger partial charge in [0.25, 0.3) is 0 Å². The third-order valence-electron chi connectivity index (χ3n) is 1.15. The maximum atomic E-state index is 9.95. The maximum absolute atomic E-state index is 9.95. The van der Waals surface area contributed by atoms with Gasteiger partial charge >= 0.3 is 0 Å². The van der Waals surface area contributed by atoms with Crippen molar-refractivity contribution in [1.29, 1.82) is 0 Å². The fourth-order valence-electron chi connectivity index (χ4n) is 0.689. The molecule has 2 heteroatoms. The van der Waals surface area contributed by atoms with E-state index in [1.165, 1.54) is 6.08 Å². The fraction of sp³-hybridized carbons (Fsp3) is 0. The van der Waals surface area contributed by atoms with Crippen molar-refractivity contribution in [1.82, 2.24) is 0 Å². The fourth-order valence-corrected chi connectivity index (χ4v) is 0.867. The molecule has 0 N–H and O–H groups in total. The number of hydrogen-bond acceptors (Lipinski definition) is 1. The quantitative estimate of drug-likeness (QED) is 0.436. The van der Waals surface area contributed by atoms with E-state index in [9.17, 15) is 4.79 Å². The molecule has 1 rings (SSSR count). The molecule has 5 radical (unpaired) electrons. The van der Waals surface area contributed by atoms with Gasteiger partial charge in [-0.05, 0) is 31.8 Å². The van der Waals surface area contributed by atoms with Crippen molar-refractivity contribution in [2.45, 2.75) is 0 Å².